The minimum Gasteiger partial charge on any atom is -0.294 e. The molecule has 4 aliphatic carbocycles. The normalized spacial score (nSPS) is 36.2. The second-order valence-electron chi connectivity index (χ2n) is 7.82. The van der Waals surface area contributed by atoms with Crippen LogP contribution in [0, 0.1) is 41.3 Å². The van der Waals surface area contributed by atoms with Crippen molar-refractivity contribution in [2.24, 2.45) is 35.5 Å². The number of hydrogen-bond donors (Lipinski definition) is 0. The van der Waals surface area contributed by atoms with E-state index in [4.69, 9.17) is 0 Å². The molecular formula is C20H19FN2O3. The predicted molar refractivity (Wildman–Crippen MR) is 91.0 cm³/mol. The second kappa shape index (κ2) is 5.25. The van der Waals surface area contributed by atoms with Crippen molar-refractivity contribution in [3.05, 3.63) is 42.2 Å². The van der Waals surface area contributed by atoms with E-state index in [1.54, 1.807) is 0 Å². The summed E-state index contributed by atoms with van der Waals surface area (Å²) in [4.78, 5) is 40.7. The van der Waals surface area contributed by atoms with E-state index in [0.29, 0.717) is 17.5 Å². The lowest BCUT2D eigenvalue weighted by Gasteiger charge is -2.37. The maximum Gasteiger partial charge on any atom is 0.235 e. The highest BCUT2D eigenvalue weighted by Gasteiger charge is 2.67. The Morgan fingerprint density at radius 3 is 2.12 bits per heavy atom. The van der Waals surface area contributed by atoms with Crippen molar-refractivity contribution in [3.8, 4) is 0 Å². The highest BCUT2D eigenvalue weighted by atomic mass is 19.1. The van der Waals surface area contributed by atoms with Gasteiger partial charge in [-0.15, -0.1) is 0 Å². The quantitative estimate of drug-likeness (QED) is 0.618. The van der Waals surface area contributed by atoms with Crippen LogP contribution in [0.15, 0.2) is 36.4 Å². The maximum absolute atomic E-state index is 13.2. The number of nitrogens with zero attached hydrogens (tertiary/aromatic N) is 2. The number of anilines is 1. The largest absolute Gasteiger partial charge is 0.294 e. The topological polar surface area (TPSA) is 57.7 Å². The van der Waals surface area contributed by atoms with Crippen LogP contribution in [-0.4, -0.2) is 29.3 Å². The molecule has 2 saturated carbocycles. The van der Waals surface area contributed by atoms with Gasteiger partial charge in [-0.25, -0.2) is 4.39 Å². The number of rotatable bonds is 3. The van der Waals surface area contributed by atoms with Gasteiger partial charge in [0, 0.05) is 12.6 Å². The van der Waals surface area contributed by atoms with E-state index < -0.39 is 5.82 Å². The Kier molecular flexibility index (Phi) is 3.18. The van der Waals surface area contributed by atoms with Crippen molar-refractivity contribution < 1.29 is 18.8 Å². The number of carbonyl (C=O) groups is 3. The fraction of sp³-hybridized carbons (Fsp3) is 0.450. The Bertz CT molecular complexity index is 813. The zero-order valence-corrected chi connectivity index (χ0v) is 14.3. The molecule has 0 spiro atoms. The SMILES string of the molecule is CC(=O)N(CN1C(=O)[C@@H]2[C@H]3C=C[C@@H]([C@@H]4C[C@H]34)[C@H]2C1=O)c1ccc(F)cc1. The predicted octanol–water partition coefficient (Wildman–Crippen LogP) is 2.19. The highest BCUT2D eigenvalue weighted by Crippen LogP contribution is 2.65. The van der Waals surface area contributed by atoms with E-state index in [1.807, 2.05) is 0 Å². The Morgan fingerprint density at radius 2 is 1.62 bits per heavy atom. The van der Waals surface area contributed by atoms with E-state index in [0.717, 1.165) is 6.42 Å². The molecule has 6 heteroatoms. The van der Waals surface area contributed by atoms with Crippen molar-refractivity contribution in [1.29, 1.82) is 0 Å². The summed E-state index contributed by atoms with van der Waals surface area (Å²) in [6.45, 7) is 1.27. The van der Waals surface area contributed by atoms with Gasteiger partial charge >= 0.3 is 0 Å². The Morgan fingerprint density at radius 1 is 1.08 bits per heavy atom. The van der Waals surface area contributed by atoms with Crippen molar-refractivity contribution in [1.82, 2.24) is 4.90 Å². The van der Waals surface area contributed by atoms with Gasteiger partial charge in [-0.2, -0.15) is 0 Å². The molecule has 26 heavy (non-hydrogen) atoms. The lowest BCUT2D eigenvalue weighted by molar-refractivity contribution is -0.140. The molecule has 0 aromatic heterocycles. The summed E-state index contributed by atoms with van der Waals surface area (Å²) in [6, 6.07) is 5.48. The van der Waals surface area contributed by atoms with E-state index in [9.17, 15) is 18.8 Å². The minimum absolute atomic E-state index is 0.111. The fourth-order valence-corrected chi connectivity index (χ4v) is 5.28. The van der Waals surface area contributed by atoms with Crippen LogP contribution >= 0.6 is 0 Å². The molecule has 6 atom stereocenters. The van der Waals surface area contributed by atoms with Gasteiger partial charge in [0.05, 0.1) is 11.8 Å². The van der Waals surface area contributed by atoms with E-state index in [1.165, 1.54) is 41.0 Å². The molecule has 134 valence electrons. The van der Waals surface area contributed by atoms with Gasteiger partial charge in [-0.05, 0) is 54.4 Å². The summed E-state index contributed by atoms with van der Waals surface area (Å²) in [5.41, 5.74) is 0.471. The Hall–Kier alpha value is -2.50. The molecule has 0 radical (unpaired) electrons. The summed E-state index contributed by atoms with van der Waals surface area (Å²) in [5.74, 6) is -0.175. The molecule has 6 rings (SSSR count). The number of halogens is 1. The molecule has 3 fully saturated rings. The number of imide groups is 1. The van der Waals surface area contributed by atoms with Crippen LogP contribution in [0.4, 0.5) is 10.1 Å². The van der Waals surface area contributed by atoms with Crippen molar-refractivity contribution >= 4 is 23.4 Å². The monoisotopic (exact) mass is 354 g/mol. The summed E-state index contributed by atoms with van der Waals surface area (Å²) in [6.07, 6.45) is 5.36. The lowest BCUT2D eigenvalue weighted by Crippen LogP contribution is -2.44. The zero-order chi connectivity index (χ0) is 18.2. The molecule has 0 N–H and O–H groups in total. The summed E-state index contributed by atoms with van der Waals surface area (Å²) < 4.78 is 13.2. The summed E-state index contributed by atoms with van der Waals surface area (Å²) >= 11 is 0. The zero-order valence-electron chi connectivity index (χ0n) is 14.3. The van der Waals surface area contributed by atoms with Gasteiger partial charge in [-0.1, -0.05) is 12.2 Å². The van der Waals surface area contributed by atoms with Crippen molar-refractivity contribution in [2.75, 3.05) is 11.6 Å². The van der Waals surface area contributed by atoms with Crippen molar-refractivity contribution in [2.45, 2.75) is 13.3 Å². The first-order chi connectivity index (χ1) is 12.5. The number of hydrogen-bond acceptors (Lipinski definition) is 3. The minimum atomic E-state index is -0.404. The lowest BCUT2D eigenvalue weighted by atomic mass is 9.63. The maximum atomic E-state index is 13.2. The third-order valence-corrected chi connectivity index (χ3v) is 6.56. The number of carbonyl (C=O) groups excluding carboxylic acids is 3. The van der Waals surface area contributed by atoms with E-state index in [-0.39, 0.29) is 48.1 Å². The summed E-state index contributed by atoms with van der Waals surface area (Å²) in [5, 5.41) is 0. The molecule has 0 unspecified atom stereocenters. The summed E-state index contributed by atoms with van der Waals surface area (Å²) in [7, 11) is 0. The van der Waals surface area contributed by atoms with Crippen LogP contribution in [0.2, 0.25) is 0 Å². The average Bonchev–Trinajstić information content (AvgIpc) is 3.40. The number of allylic oxidation sites excluding steroid dienone is 2. The van der Waals surface area contributed by atoms with Crippen LogP contribution in [-0.2, 0) is 14.4 Å². The molecule has 1 saturated heterocycles. The molecule has 1 heterocycles. The molecule has 1 aromatic rings. The fourth-order valence-electron chi connectivity index (χ4n) is 5.28. The molecule has 5 nitrogen and oxygen atoms in total. The Balaban J connectivity index is 1.44. The first-order valence-electron chi connectivity index (χ1n) is 9.04. The highest BCUT2D eigenvalue weighted by molar-refractivity contribution is 6.07. The third-order valence-electron chi connectivity index (χ3n) is 6.56. The van der Waals surface area contributed by atoms with Crippen LogP contribution in [0.3, 0.4) is 0 Å². The molecule has 2 bridgehead atoms. The molecule has 1 aliphatic heterocycles. The van der Waals surface area contributed by atoms with Crippen LogP contribution in [0.5, 0.6) is 0 Å². The Labute approximate surface area is 150 Å². The van der Waals surface area contributed by atoms with Gasteiger partial charge in [0.1, 0.15) is 12.5 Å². The average molecular weight is 354 g/mol. The first kappa shape index (κ1) is 15.7. The second-order valence-corrected chi connectivity index (χ2v) is 7.82. The standard InChI is InChI=1S/C20H19FN2O3/c1-10(24)22(12-4-2-11(21)3-5-12)9-23-19(25)17-13-6-7-14(16-8-15(13)16)18(17)20(23)26/h2-7,13-18H,8-9H2,1H3/t13-,14-,15-,16+,17+,18+/m0/s1. The third kappa shape index (κ3) is 2.04. The number of likely N-dealkylation sites (tertiary alicyclic amines) is 1. The molecular weight excluding hydrogens is 335 g/mol. The molecule has 1 aromatic carbocycles. The van der Waals surface area contributed by atoms with Crippen molar-refractivity contribution in [3.63, 3.8) is 0 Å². The van der Waals surface area contributed by atoms with Crippen LogP contribution < -0.4 is 4.90 Å². The van der Waals surface area contributed by atoms with E-state index in [2.05, 4.69) is 12.2 Å². The smallest absolute Gasteiger partial charge is 0.235 e. The molecule has 3 amide bonds. The van der Waals surface area contributed by atoms with Gasteiger partial charge < -0.3 is 0 Å². The molecule has 5 aliphatic rings. The number of amides is 3. The van der Waals surface area contributed by atoms with E-state index >= 15 is 0 Å². The van der Waals surface area contributed by atoms with Crippen LogP contribution in [0.25, 0.3) is 0 Å². The van der Waals surface area contributed by atoms with Gasteiger partial charge in [-0.3, -0.25) is 24.2 Å². The number of benzene rings is 1. The van der Waals surface area contributed by atoms with Gasteiger partial charge in [0.2, 0.25) is 17.7 Å². The van der Waals surface area contributed by atoms with Crippen LogP contribution in [0.1, 0.15) is 13.3 Å². The van der Waals surface area contributed by atoms with Gasteiger partial charge in [0.15, 0.2) is 0 Å². The first-order valence-corrected chi connectivity index (χ1v) is 9.04. The van der Waals surface area contributed by atoms with Gasteiger partial charge in [0.25, 0.3) is 0 Å².